The lowest BCUT2D eigenvalue weighted by Crippen LogP contribution is -2.49. The van der Waals surface area contributed by atoms with Gasteiger partial charge >= 0.3 is 0 Å². The fraction of sp³-hybridized carbons (Fsp3) is 0.682. The van der Waals surface area contributed by atoms with Crippen molar-refractivity contribution >= 4 is 5.91 Å². The molecule has 0 radical (unpaired) electrons. The standard InChI is InChI=1S/C22H31N7O2/c30-21-3-1-2-20-19-10-17(13-29(20)21)11-27(14-19)9-8-23-22(31)18-6-4-16(5-7-18)12-28-15-24-25-26-28/h1-3,15-19H,4-14H2,(H,23,31). The second-order valence-corrected chi connectivity index (χ2v) is 9.50. The van der Waals surface area contributed by atoms with E-state index in [1.54, 1.807) is 17.1 Å². The number of fused-ring (bicyclic) bond motifs is 4. The van der Waals surface area contributed by atoms with Gasteiger partial charge in [0, 0.05) is 62.9 Å². The molecule has 2 unspecified atom stereocenters. The molecule has 4 heterocycles. The zero-order valence-corrected chi connectivity index (χ0v) is 17.9. The summed E-state index contributed by atoms with van der Waals surface area (Å²) in [6, 6.07) is 5.64. The van der Waals surface area contributed by atoms with Crippen LogP contribution >= 0.6 is 0 Å². The van der Waals surface area contributed by atoms with Crippen LogP contribution in [-0.4, -0.2) is 61.8 Å². The highest BCUT2D eigenvalue weighted by Gasteiger charge is 2.34. The minimum Gasteiger partial charge on any atom is -0.355 e. The van der Waals surface area contributed by atoms with Crippen molar-refractivity contribution in [2.75, 3.05) is 26.2 Å². The van der Waals surface area contributed by atoms with E-state index in [1.165, 1.54) is 12.1 Å². The molecule has 9 nitrogen and oxygen atoms in total. The number of tetrazole rings is 1. The first-order valence-corrected chi connectivity index (χ1v) is 11.6. The molecule has 2 fully saturated rings. The average molecular weight is 426 g/mol. The Hall–Kier alpha value is -2.55. The van der Waals surface area contributed by atoms with Crippen LogP contribution in [0.15, 0.2) is 29.3 Å². The van der Waals surface area contributed by atoms with E-state index in [-0.39, 0.29) is 17.4 Å². The highest BCUT2D eigenvalue weighted by molar-refractivity contribution is 5.78. The van der Waals surface area contributed by atoms with Gasteiger partial charge in [-0.15, -0.1) is 5.10 Å². The van der Waals surface area contributed by atoms with Gasteiger partial charge in [0.2, 0.25) is 5.91 Å². The van der Waals surface area contributed by atoms with Crippen molar-refractivity contribution in [1.29, 1.82) is 0 Å². The predicted molar refractivity (Wildman–Crippen MR) is 114 cm³/mol. The van der Waals surface area contributed by atoms with E-state index in [0.717, 1.165) is 58.4 Å². The zero-order valence-electron chi connectivity index (χ0n) is 17.9. The van der Waals surface area contributed by atoms with E-state index in [9.17, 15) is 9.59 Å². The van der Waals surface area contributed by atoms with Crippen LogP contribution in [0.4, 0.5) is 0 Å². The number of nitrogens with zero attached hydrogens (tertiary/aromatic N) is 6. The van der Waals surface area contributed by atoms with Gasteiger partial charge in [-0.1, -0.05) is 6.07 Å². The Bertz CT molecular complexity index is 949. The van der Waals surface area contributed by atoms with Crippen molar-refractivity contribution in [2.45, 2.75) is 51.1 Å². The highest BCUT2D eigenvalue weighted by Crippen LogP contribution is 2.34. The molecule has 9 heteroatoms. The quantitative estimate of drug-likeness (QED) is 0.738. The molecule has 1 aliphatic carbocycles. The van der Waals surface area contributed by atoms with Gasteiger partial charge in [-0.05, 0) is 60.4 Å². The van der Waals surface area contributed by atoms with Gasteiger partial charge < -0.3 is 14.8 Å². The first kappa shape index (κ1) is 20.4. The van der Waals surface area contributed by atoms with E-state index < -0.39 is 0 Å². The summed E-state index contributed by atoms with van der Waals surface area (Å²) in [4.78, 5) is 27.3. The maximum atomic E-state index is 12.7. The molecular formula is C22H31N7O2. The third-order valence-electron chi connectivity index (χ3n) is 7.34. The van der Waals surface area contributed by atoms with Crippen LogP contribution in [0.3, 0.4) is 0 Å². The van der Waals surface area contributed by atoms with Crippen LogP contribution < -0.4 is 10.9 Å². The summed E-state index contributed by atoms with van der Waals surface area (Å²) in [6.45, 7) is 5.22. The second-order valence-electron chi connectivity index (χ2n) is 9.50. The molecule has 1 saturated heterocycles. The lowest BCUT2D eigenvalue weighted by Gasteiger charge is -2.42. The van der Waals surface area contributed by atoms with Crippen molar-refractivity contribution in [3.05, 3.63) is 40.6 Å². The van der Waals surface area contributed by atoms with E-state index in [2.05, 4.69) is 31.8 Å². The Labute approximate surface area is 181 Å². The summed E-state index contributed by atoms with van der Waals surface area (Å²) < 4.78 is 3.75. The molecule has 0 aromatic carbocycles. The third kappa shape index (κ3) is 4.56. The molecule has 1 saturated carbocycles. The molecule has 1 amide bonds. The largest absolute Gasteiger partial charge is 0.355 e. The lowest BCUT2D eigenvalue weighted by atomic mass is 9.81. The van der Waals surface area contributed by atoms with Crippen molar-refractivity contribution in [3.63, 3.8) is 0 Å². The summed E-state index contributed by atoms with van der Waals surface area (Å²) in [5.74, 6) is 1.83. The van der Waals surface area contributed by atoms with Gasteiger partial charge in [-0.25, -0.2) is 4.68 Å². The van der Waals surface area contributed by atoms with E-state index >= 15 is 0 Å². The number of rotatable bonds is 6. The number of carbonyl (C=O) groups excluding carboxylic acids is 1. The first-order chi connectivity index (χ1) is 15.2. The fourth-order valence-corrected chi connectivity index (χ4v) is 5.80. The van der Waals surface area contributed by atoms with Gasteiger partial charge in [-0.3, -0.25) is 9.59 Å². The average Bonchev–Trinajstić information content (AvgIpc) is 3.28. The van der Waals surface area contributed by atoms with Gasteiger partial charge in [0.15, 0.2) is 0 Å². The number of carbonyl (C=O) groups is 1. The van der Waals surface area contributed by atoms with Crippen molar-refractivity contribution in [1.82, 2.24) is 35.0 Å². The minimum absolute atomic E-state index is 0.126. The van der Waals surface area contributed by atoms with Crippen molar-refractivity contribution in [3.8, 4) is 0 Å². The Morgan fingerprint density at radius 3 is 2.81 bits per heavy atom. The number of nitrogens with one attached hydrogen (secondary N) is 1. The monoisotopic (exact) mass is 425 g/mol. The second kappa shape index (κ2) is 8.90. The first-order valence-electron chi connectivity index (χ1n) is 11.6. The topological polar surface area (TPSA) is 97.9 Å². The maximum Gasteiger partial charge on any atom is 0.250 e. The number of piperidine rings is 1. The third-order valence-corrected chi connectivity index (χ3v) is 7.34. The van der Waals surface area contributed by atoms with Crippen LogP contribution in [0.5, 0.6) is 0 Å². The smallest absolute Gasteiger partial charge is 0.250 e. The summed E-state index contributed by atoms with van der Waals surface area (Å²) in [7, 11) is 0. The number of pyridine rings is 1. The zero-order chi connectivity index (χ0) is 21.2. The normalized spacial score (nSPS) is 28.1. The molecule has 2 atom stereocenters. The molecule has 1 N–H and O–H groups in total. The van der Waals surface area contributed by atoms with E-state index in [1.807, 2.05) is 10.6 Å². The molecule has 5 rings (SSSR count). The van der Waals surface area contributed by atoms with Gasteiger partial charge in [-0.2, -0.15) is 0 Å². The fourth-order valence-electron chi connectivity index (χ4n) is 5.80. The number of aromatic nitrogens is 5. The van der Waals surface area contributed by atoms with Crippen LogP contribution in [0.25, 0.3) is 0 Å². The highest BCUT2D eigenvalue weighted by atomic mass is 16.2. The summed E-state index contributed by atoms with van der Waals surface area (Å²) >= 11 is 0. The van der Waals surface area contributed by atoms with Crippen LogP contribution in [-0.2, 0) is 17.9 Å². The predicted octanol–water partition coefficient (Wildman–Crippen LogP) is 0.877. The Kier molecular flexibility index (Phi) is 5.85. The number of likely N-dealkylation sites (tertiary alicyclic amines) is 1. The van der Waals surface area contributed by atoms with E-state index in [4.69, 9.17) is 0 Å². The van der Waals surface area contributed by atoms with Gasteiger partial charge in [0.1, 0.15) is 6.33 Å². The molecular weight excluding hydrogens is 394 g/mol. The Morgan fingerprint density at radius 1 is 1.13 bits per heavy atom. The molecule has 2 aromatic rings. The molecule has 0 spiro atoms. The van der Waals surface area contributed by atoms with Crippen LogP contribution in [0.1, 0.15) is 43.7 Å². The SMILES string of the molecule is O=C(NCCN1CC2CC(C1)c1cccc(=O)n1C2)C1CCC(Cn2cnnn2)CC1. The number of hydrogen-bond donors (Lipinski definition) is 1. The Morgan fingerprint density at radius 2 is 2.00 bits per heavy atom. The maximum absolute atomic E-state index is 12.7. The Balaban J connectivity index is 1.06. The van der Waals surface area contributed by atoms with Crippen molar-refractivity contribution in [2.24, 2.45) is 17.8 Å². The molecule has 31 heavy (non-hydrogen) atoms. The van der Waals surface area contributed by atoms with E-state index in [0.29, 0.717) is 24.3 Å². The lowest BCUT2D eigenvalue weighted by molar-refractivity contribution is -0.126. The molecule has 2 aliphatic heterocycles. The van der Waals surface area contributed by atoms with Crippen LogP contribution in [0.2, 0.25) is 0 Å². The van der Waals surface area contributed by atoms with Crippen LogP contribution in [0, 0.1) is 17.8 Å². The molecule has 2 aromatic heterocycles. The summed E-state index contributed by atoms with van der Waals surface area (Å²) in [5.41, 5.74) is 1.30. The van der Waals surface area contributed by atoms with Gasteiger partial charge in [0.25, 0.3) is 5.56 Å². The van der Waals surface area contributed by atoms with Crippen molar-refractivity contribution < 1.29 is 4.79 Å². The molecule has 166 valence electrons. The summed E-state index contributed by atoms with van der Waals surface area (Å²) in [5, 5.41) is 14.5. The number of amides is 1. The molecule has 3 aliphatic rings. The minimum atomic E-state index is 0.126. The number of hydrogen-bond acceptors (Lipinski definition) is 6. The summed E-state index contributed by atoms with van der Waals surface area (Å²) in [6.07, 6.45) is 6.80. The van der Waals surface area contributed by atoms with Gasteiger partial charge in [0.05, 0.1) is 0 Å². The molecule has 2 bridgehead atoms.